The molecule has 2 aromatic heterocycles. The zero-order chi connectivity index (χ0) is 18.8. The van der Waals surface area contributed by atoms with Gasteiger partial charge in [0, 0.05) is 33.3 Å². The molecular weight excluding hydrogens is 336 g/mol. The monoisotopic (exact) mass is 360 g/mol. The lowest BCUT2D eigenvalue weighted by Crippen LogP contribution is -2.27. The van der Waals surface area contributed by atoms with E-state index in [1.807, 2.05) is 18.2 Å². The van der Waals surface area contributed by atoms with Crippen molar-refractivity contribution in [2.75, 3.05) is 27.3 Å². The lowest BCUT2D eigenvalue weighted by atomic mass is 10.3. The minimum absolute atomic E-state index is 0.300. The molecule has 8 nitrogen and oxygen atoms in total. The summed E-state index contributed by atoms with van der Waals surface area (Å²) < 4.78 is 9.51. The van der Waals surface area contributed by atoms with Gasteiger partial charge in [0.05, 0.1) is 24.2 Å². The Hall–Kier alpha value is -2.39. The van der Waals surface area contributed by atoms with Crippen LogP contribution >= 0.6 is 0 Å². The van der Waals surface area contributed by atoms with Crippen molar-refractivity contribution in [3.05, 3.63) is 59.2 Å². The van der Waals surface area contributed by atoms with Crippen LogP contribution in [0.15, 0.2) is 36.4 Å². The molecule has 0 spiro atoms. The SMILES string of the molecule is COC(=O)c1cccc(CNCCNCc2cccc(C(O)OC)n2)n1. The summed E-state index contributed by atoms with van der Waals surface area (Å²) in [5.41, 5.74) is 2.39. The molecule has 8 heteroatoms. The molecule has 0 aromatic carbocycles. The molecule has 140 valence electrons. The van der Waals surface area contributed by atoms with Crippen LogP contribution in [-0.4, -0.2) is 48.4 Å². The smallest absolute Gasteiger partial charge is 0.356 e. The van der Waals surface area contributed by atoms with Crippen molar-refractivity contribution < 1.29 is 19.4 Å². The predicted octanol–water partition coefficient (Wildman–Crippen LogP) is 0.780. The zero-order valence-corrected chi connectivity index (χ0v) is 14.9. The Morgan fingerprint density at radius 3 is 2.27 bits per heavy atom. The van der Waals surface area contributed by atoms with Crippen LogP contribution in [0.5, 0.6) is 0 Å². The highest BCUT2D eigenvalue weighted by atomic mass is 16.6. The van der Waals surface area contributed by atoms with Gasteiger partial charge in [-0.05, 0) is 24.3 Å². The second kappa shape index (κ2) is 10.6. The van der Waals surface area contributed by atoms with Crippen molar-refractivity contribution in [1.29, 1.82) is 0 Å². The molecule has 0 aliphatic heterocycles. The highest BCUT2D eigenvalue weighted by Gasteiger charge is 2.08. The van der Waals surface area contributed by atoms with E-state index in [-0.39, 0.29) is 0 Å². The molecule has 0 bridgehead atoms. The molecular formula is C18H24N4O4. The number of nitrogens with one attached hydrogen (secondary N) is 2. The van der Waals surface area contributed by atoms with E-state index in [4.69, 9.17) is 4.74 Å². The highest BCUT2D eigenvalue weighted by molar-refractivity contribution is 5.87. The number of pyridine rings is 2. The number of hydrogen-bond acceptors (Lipinski definition) is 8. The quantitative estimate of drug-likeness (QED) is 0.324. The van der Waals surface area contributed by atoms with Gasteiger partial charge in [-0.25, -0.2) is 9.78 Å². The van der Waals surface area contributed by atoms with Crippen LogP contribution in [0.1, 0.15) is 33.9 Å². The molecule has 0 saturated carbocycles. The van der Waals surface area contributed by atoms with E-state index in [1.165, 1.54) is 14.2 Å². The summed E-state index contributed by atoms with van der Waals surface area (Å²) in [5, 5.41) is 16.1. The van der Waals surface area contributed by atoms with Crippen molar-refractivity contribution in [1.82, 2.24) is 20.6 Å². The highest BCUT2D eigenvalue weighted by Crippen LogP contribution is 2.10. The molecule has 2 rings (SSSR count). The number of carbonyl (C=O) groups excluding carboxylic acids is 1. The number of nitrogens with zero attached hydrogens (tertiary/aromatic N) is 2. The first-order chi connectivity index (χ1) is 12.6. The molecule has 1 unspecified atom stereocenters. The van der Waals surface area contributed by atoms with Gasteiger partial charge >= 0.3 is 5.97 Å². The molecule has 2 heterocycles. The molecule has 0 amide bonds. The lowest BCUT2D eigenvalue weighted by molar-refractivity contribution is -0.0799. The van der Waals surface area contributed by atoms with Crippen molar-refractivity contribution in [2.45, 2.75) is 19.4 Å². The minimum Gasteiger partial charge on any atom is -0.464 e. The fraction of sp³-hybridized carbons (Fsp3) is 0.389. The van der Waals surface area contributed by atoms with E-state index in [2.05, 4.69) is 25.3 Å². The summed E-state index contributed by atoms with van der Waals surface area (Å²) in [6.07, 6.45) is -1.01. The van der Waals surface area contributed by atoms with Crippen molar-refractivity contribution in [3.8, 4) is 0 Å². The first-order valence-corrected chi connectivity index (χ1v) is 8.26. The Morgan fingerprint density at radius 2 is 1.65 bits per heavy atom. The molecule has 3 N–H and O–H groups in total. The van der Waals surface area contributed by atoms with Gasteiger partial charge in [-0.2, -0.15) is 0 Å². The number of aromatic nitrogens is 2. The van der Waals surface area contributed by atoms with Crippen LogP contribution in [0.4, 0.5) is 0 Å². The number of methoxy groups -OCH3 is 2. The van der Waals surface area contributed by atoms with E-state index in [1.54, 1.807) is 18.2 Å². The number of esters is 1. The third kappa shape index (κ3) is 6.16. The third-order valence-electron chi connectivity index (χ3n) is 3.60. The number of aliphatic hydroxyl groups excluding tert-OH is 1. The normalized spacial score (nSPS) is 12.0. The Bertz CT molecular complexity index is 711. The molecule has 0 saturated heterocycles. The van der Waals surface area contributed by atoms with Crippen molar-refractivity contribution in [2.24, 2.45) is 0 Å². The predicted molar refractivity (Wildman–Crippen MR) is 95.2 cm³/mol. The van der Waals surface area contributed by atoms with Crippen LogP contribution in [0.3, 0.4) is 0 Å². The van der Waals surface area contributed by atoms with Gasteiger partial charge in [0.1, 0.15) is 5.69 Å². The van der Waals surface area contributed by atoms with Gasteiger partial charge in [-0.3, -0.25) is 4.98 Å². The maximum Gasteiger partial charge on any atom is 0.356 e. The number of carbonyl (C=O) groups is 1. The summed E-state index contributed by atoms with van der Waals surface area (Å²) in [7, 11) is 2.76. The summed E-state index contributed by atoms with van der Waals surface area (Å²) >= 11 is 0. The molecule has 0 aliphatic rings. The fourth-order valence-corrected chi connectivity index (χ4v) is 2.26. The average molecular weight is 360 g/mol. The second-order valence-electron chi connectivity index (χ2n) is 5.50. The van der Waals surface area contributed by atoms with E-state index in [9.17, 15) is 9.90 Å². The maximum absolute atomic E-state index is 11.5. The van der Waals surface area contributed by atoms with Crippen LogP contribution in [-0.2, 0) is 22.6 Å². The van der Waals surface area contributed by atoms with Gasteiger partial charge in [0.25, 0.3) is 0 Å². The van der Waals surface area contributed by atoms with Gasteiger partial charge < -0.3 is 25.2 Å². The van der Waals surface area contributed by atoms with Gasteiger partial charge in [-0.1, -0.05) is 12.1 Å². The molecule has 0 aliphatic carbocycles. The largest absolute Gasteiger partial charge is 0.464 e. The van der Waals surface area contributed by atoms with Crippen molar-refractivity contribution >= 4 is 5.97 Å². The van der Waals surface area contributed by atoms with Gasteiger partial charge in [0.15, 0.2) is 6.29 Å². The van der Waals surface area contributed by atoms with E-state index in [0.29, 0.717) is 24.5 Å². The number of rotatable bonds is 10. The summed E-state index contributed by atoms with van der Waals surface area (Å²) in [6.45, 7) is 2.60. The Kier molecular flexibility index (Phi) is 8.10. The first-order valence-electron chi connectivity index (χ1n) is 8.26. The fourth-order valence-electron chi connectivity index (χ4n) is 2.26. The van der Waals surface area contributed by atoms with Crippen LogP contribution < -0.4 is 10.6 Å². The standard InChI is InChI=1S/C18H24N4O4/c1-25-17(23)15-7-3-5-13(21-15)11-19-9-10-20-12-14-6-4-8-16(22-14)18(24)26-2/h3-8,17,19-20,23H,9-12H2,1-2H3. The Labute approximate surface area is 152 Å². The molecule has 0 fully saturated rings. The van der Waals surface area contributed by atoms with Crippen LogP contribution in [0, 0.1) is 0 Å². The summed E-state index contributed by atoms with van der Waals surface area (Å²) in [5.74, 6) is -0.443. The summed E-state index contributed by atoms with van der Waals surface area (Å²) in [4.78, 5) is 20.0. The third-order valence-corrected chi connectivity index (χ3v) is 3.60. The molecule has 26 heavy (non-hydrogen) atoms. The number of hydrogen-bond donors (Lipinski definition) is 3. The first kappa shape index (κ1) is 19.9. The number of aliphatic hydroxyl groups is 1. The topological polar surface area (TPSA) is 106 Å². The zero-order valence-electron chi connectivity index (χ0n) is 14.9. The maximum atomic E-state index is 11.5. The average Bonchev–Trinajstić information content (AvgIpc) is 2.69. The van der Waals surface area contributed by atoms with E-state index in [0.717, 1.165) is 24.5 Å². The minimum atomic E-state index is -1.01. The van der Waals surface area contributed by atoms with E-state index >= 15 is 0 Å². The van der Waals surface area contributed by atoms with E-state index < -0.39 is 12.3 Å². The molecule has 0 radical (unpaired) electrons. The van der Waals surface area contributed by atoms with Crippen LogP contribution in [0.2, 0.25) is 0 Å². The molecule has 1 atom stereocenters. The Morgan fingerprint density at radius 1 is 1.04 bits per heavy atom. The Balaban J connectivity index is 1.69. The van der Waals surface area contributed by atoms with Crippen LogP contribution in [0.25, 0.3) is 0 Å². The van der Waals surface area contributed by atoms with Crippen molar-refractivity contribution in [3.63, 3.8) is 0 Å². The molecule has 2 aromatic rings. The summed E-state index contributed by atoms with van der Waals surface area (Å²) in [6, 6.07) is 10.7. The second-order valence-corrected chi connectivity index (χ2v) is 5.50. The lowest BCUT2D eigenvalue weighted by Gasteiger charge is -2.10. The van der Waals surface area contributed by atoms with Gasteiger partial charge in [-0.15, -0.1) is 0 Å². The van der Waals surface area contributed by atoms with Gasteiger partial charge in [0.2, 0.25) is 0 Å². The number of ether oxygens (including phenoxy) is 2.